The van der Waals surface area contributed by atoms with Crippen molar-refractivity contribution in [2.24, 2.45) is 5.41 Å². The normalized spacial score (nSPS) is 24.5. The van der Waals surface area contributed by atoms with Crippen LogP contribution in [-0.2, 0) is 14.3 Å². The summed E-state index contributed by atoms with van der Waals surface area (Å²) in [6.45, 7) is 14.7. The van der Waals surface area contributed by atoms with Crippen LogP contribution in [0.25, 0.3) is 0 Å². The number of Topliss-reactive ketones (excluding diaryl/α,β-unsaturated/α-hetero) is 1. The summed E-state index contributed by atoms with van der Waals surface area (Å²) < 4.78 is 5.53. The number of hydrogen-bond acceptors (Lipinski definition) is 6. The highest BCUT2D eigenvalue weighted by Crippen LogP contribution is 2.30. The first-order chi connectivity index (χ1) is 16.1. The lowest BCUT2D eigenvalue weighted by atomic mass is 9.85. The van der Waals surface area contributed by atoms with Crippen molar-refractivity contribution < 1.29 is 19.1 Å². The molecule has 0 aliphatic carbocycles. The van der Waals surface area contributed by atoms with Crippen LogP contribution in [0.4, 0.5) is 5.69 Å². The third kappa shape index (κ3) is 4.98. The topological polar surface area (TPSA) is 82.2 Å². The molecule has 8 heteroatoms. The molecule has 34 heavy (non-hydrogen) atoms. The van der Waals surface area contributed by atoms with Crippen LogP contribution in [0.1, 0.15) is 51.4 Å². The Morgan fingerprint density at radius 1 is 1.03 bits per heavy atom. The predicted octanol–water partition coefficient (Wildman–Crippen LogP) is 1.93. The number of carbonyl (C=O) groups is 3. The highest BCUT2D eigenvalue weighted by molar-refractivity contribution is 5.99. The molecule has 0 aromatic heterocycles. The number of amides is 2. The van der Waals surface area contributed by atoms with Gasteiger partial charge in [-0.15, -0.1) is 0 Å². The molecule has 0 radical (unpaired) electrons. The van der Waals surface area contributed by atoms with E-state index < -0.39 is 17.5 Å². The van der Waals surface area contributed by atoms with E-state index in [4.69, 9.17) is 4.74 Å². The first-order valence-corrected chi connectivity index (χ1v) is 12.4. The Morgan fingerprint density at radius 3 is 2.26 bits per heavy atom. The summed E-state index contributed by atoms with van der Waals surface area (Å²) in [5.41, 5.74) is 1.11. The molecule has 4 rings (SSSR count). The number of likely N-dealkylation sites (tertiary alicyclic amines) is 1. The van der Waals surface area contributed by atoms with Gasteiger partial charge in [-0.1, -0.05) is 20.8 Å². The zero-order valence-electron chi connectivity index (χ0n) is 21.0. The maximum Gasteiger partial charge on any atom is 0.251 e. The van der Waals surface area contributed by atoms with Crippen LogP contribution in [0.15, 0.2) is 24.3 Å². The first-order valence-electron chi connectivity index (χ1n) is 12.4. The van der Waals surface area contributed by atoms with Gasteiger partial charge in [0.15, 0.2) is 5.78 Å². The number of fused-ring (bicyclic) bond motifs is 1. The molecule has 0 bridgehead atoms. The average molecular weight is 471 g/mol. The van der Waals surface area contributed by atoms with Crippen molar-refractivity contribution in [3.8, 4) is 0 Å². The number of ketones is 1. The van der Waals surface area contributed by atoms with E-state index in [1.165, 1.54) is 0 Å². The van der Waals surface area contributed by atoms with Crippen molar-refractivity contribution in [1.29, 1.82) is 0 Å². The zero-order valence-corrected chi connectivity index (χ0v) is 21.0. The molecule has 3 atom stereocenters. The van der Waals surface area contributed by atoms with Crippen molar-refractivity contribution in [3.05, 3.63) is 29.8 Å². The van der Waals surface area contributed by atoms with E-state index in [0.717, 1.165) is 31.9 Å². The lowest BCUT2D eigenvalue weighted by molar-refractivity contribution is -0.140. The van der Waals surface area contributed by atoms with Crippen molar-refractivity contribution in [3.63, 3.8) is 0 Å². The van der Waals surface area contributed by atoms with Gasteiger partial charge in [0.05, 0.1) is 6.10 Å². The molecule has 0 spiro atoms. The molecule has 186 valence electrons. The standard InChI is InChI=1S/C26H38N4O4/c1-17(2)28-12-14-29(15-13-28)19-8-6-18(7-9-19)24(32)27-23(26(3,4)5)25(33)30-11-10-21-22(30)20(31)16-34-21/h6-9,17,21-23H,10-16H2,1-5H3,(H,27,32)/t21-,22-,23-/m1/s1. The molecule has 0 unspecified atom stereocenters. The summed E-state index contributed by atoms with van der Waals surface area (Å²) in [4.78, 5) is 45.3. The van der Waals surface area contributed by atoms with Crippen LogP contribution >= 0.6 is 0 Å². The number of ether oxygens (including phenoxy) is 1. The highest BCUT2D eigenvalue weighted by Gasteiger charge is 2.49. The fourth-order valence-electron chi connectivity index (χ4n) is 5.19. The van der Waals surface area contributed by atoms with Crippen molar-refractivity contribution in [1.82, 2.24) is 15.1 Å². The second-order valence-electron chi connectivity index (χ2n) is 11.0. The van der Waals surface area contributed by atoms with Gasteiger partial charge in [-0.2, -0.15) is 0 Å². The van der Waals surface area contributed by atoms with Crippen molar-refractivity contribution >= 4 is 23.3 Å². The molecule has 3 aliphatic heterocycles. The number of piperazine rings is 1. The van der Waals surface area contributed by atoms with Gasteiger partial charge < -0.3 is 19.9 Å². The van der Waals surface area contributed by atoms with E-state index in [-0.39, 0.29) is 30.3 Å². The van der Waals surface area contributed by atoms with Gasteiger partial charge in [0.25, 0.3) is 5.91 Å². The van der Waals surface area contributed by atoms with Crippen LogP contribution in [0, 0.1) is 5.41 Å². The second-order valence-corrected chi connectivity index (χ2v) is 11.0. The Bertz CT molecular complexity index is 916. The molecule has 8 nitrogen and oxygen atoms in total. The van der Waals surface area contributed by atoms with Gasteiger partial charge in [-0.05, 0) is 49.9 Å². The third-order valence-electron chi connectivity index (χ3n) is 7.32. The van der Waals surface area contributed by atoms with Crippen LogP contribution in [0.3, 0.4) is 0 Å². The van der Waals surface area contributed by atoms with E-state index in [0.29, 0.717) is 24.6 Å². The molecule has 0 saturated carbocycles. The summed E-state index contributed by atoms with van der Waals surface area (Å²) in [6.07, 6.45) is 0.433. The molecule has 3 aliphatic rings. The lowest BCUT2D eigenvalue weighted by Gasteiger charge is -2.38. The minimum absolute atomic E-state index is 0.0559. The fraction of sp³-hybridized carbons (Fsp3) is 0.654. The number of rotatable bonds is 5. The molecule has 2 amide bonds. The maximum atomic E-state index is 13.5. The third-order valence-corrected chi connectivity index (χ3v) is 7.32. The maximum absolute atomic E-state index is 13.5. The summed E-state index contributed by atoms with van der Waals surface area (Å²) >= 11 is 0. The molecule has 1 aromatic carbocycles. The van der Waals surface area contributed by atoms with Gasteiger partial charge in [0, 0.05) is 50.0 Å². The predicted molar refractivity (Wildman–Crippen MR) is 131 cm³/mol. The second kappa shape index (κ2) is 9.66. The number of hydrogen-bond donors (Lipinski definition) is 1. The van der Waals surface area contributed by atoms with Crippen LogP contribution in [0.5, 0.6) is 0 Å². The van der Waals surface area contributed by atoms with Crippen molar-refractivity contribution in [2.75, 3.05) is 44.2 Å². The highest BCUT2D eigenvalue weighted by atomic mass is 16.5. The Balaban J connectivity index is 1.42. The van der Waals surface area contributed by atoms with Gasteiger partial charge >= 0.3 is 0 Å². The van der Waals surface area contributed by atoms with Crippen LogP contribution in [0.2, 0.25) is 0 Å². The summed E-state index contributed by atoms with van der Waals surface area (Å²) in [5, 5.41) is 2.96. The average Bonchev–Trinajstić information content (AvgIpc) is 3.39. The van der Waals surface area contributed by atoms with E-state index in [1.54, 1.807) is 4.90 Å². The molecule has 3 saturated heterocycles. The SMILES string of the molecule is CC(C)N1CCN(c2ccc(C(=O)N[C@H](C(=O)N3CC[C@H]4OCC(=O)[C@H]43)C(C)(C)C)cc2)CC1. The number of nitrogens with zero attached hydrogens (tertiary/aromatic N) is 3. The minimum Gasteiger partial charge on any atom is -0.369 e. The number of anilines is 1. The van der Waals surface area contributed by atoms with E-state index in [9.17, 15) is 14.4 Å². The van der Waals surface area contributed by atoms with Gasteiger partial charge in [0.1, 0.15) is 18.7 Å². The number of benzene rings is 1. The Kier molecular flexibility index (Phi) is 7.01. The monoisotopic (exact) mass is 470 g/mol. The first kappa shape index (κ1) is 24.7. The molecular formula is C26H38N4O4. The molecule has 1 N–H and O–H groups in total. The Labute approximate surface area is 202 Å². The Hall–Kier alpha value is -2.45. The van der Waals surface area contributed by atoms with Crippen molar-refractivity contribution in [2.45, 2.75) is 65.3 Å². The van der Waals surface area contributed by atoms with Crippen LogP contribution in [-0.4, -0.2) is 91.0 Å². The molecule has 3 fully saturated rings. The molecule has 3 heterocycles. The molecular weight excluding hydrogens is 432 g/mol. The summed E-state index contributed by atoms with van der Waals surface area (Å²) in [6, 6.07) is 6.90. The van der Waals surface area contributed by atoms with E-state index in [2.05, 4.69) is 29.0 Å². The van der Waals surface area contributed by atoms with Gasteiger partial charge in [0.2, 0.25) is 5.91 Å². The number of carbonyl (C=O) groups excluding carboxylic acids is 3. The van der Waals surface area contributed by atoms with Crippen LogP contribution < -0.4 is 10.2 Å². The lowest BCUT2D eigenvalue weighted by Crippen LogP contribution is -2.57. The largest absolute Gasteiger partial charge is 0.369 e. The van der Waals surface area contributed by atoms with E-state index in [1.807, 2.05) is 45.0 Å². The fourth-order valence-corrected chi connectivity index (χ4v) is 5.19. The molecule has 1 aromatic rings. The Morgan fingerprint density at radius 2 is 1.68 bits per heavy atom. The zero-order chi connectivity index (χ0) is 24.6. The quantitative estimate of drug-likeness (QED) is 0.708. The smallest absolute Gasteiger partial charge is 0.251 e. The van der Waals surface area contributed by atoms with Gasteiger partial charge in [-0.25, -0.2) is 0 Å². The van der Waals surface area contributed by atoms with E-state index >= 15 is 0 Å². The van der Waals surface area contributed by atoms with Gasteiger partial charge in [-0.3, -0.25) is 19.3 Å². The number of nitrogens with one attached hydrogen (secondary N) is 1. The minimum atomic E-state index is -0.740. The summed E-state index contributed by atoms with van der Waals surface area (Å²) in [7, 11) is 0. The summed E-state index contributed by atoms with van der Waals surface area (Å²) in [5.74, 6) is -0.555.